The smallest absolute Gasteiger partial charge is 0.201 e. The fourth-order valence-corrected chi connectivity index (χ4v) is 2.30. The van der Waals surface area contributed by atoms with Crippen LogP contribution in [0.15, 0.2) is 42.5 Å². The van der Waals surface area contributed by atoms with Crippen LogP contribution in [0, 0.1) is 6.92 Å². The zero-order valence-corrected chi connectivity index (χ0v) is 11.6. The zero-order chi connectivity index (χ0) is 14.1. The van der Waals surface area contributed by atoms with Crippen molar-refractivity contribution in [1.82, 2.24) is 9.55 Å². The Balaban J connectivity index is 2.02. The third-order valence-corrected chi connectivity index (χ3v) is 3.45. The quantitative estimate of drug-likeness (QED) is 0.793. The lowest BCUT2D eigenvalue weighted by Gasteiger charge is -2.07. The second-order valence-electron chi connectivity index (χ2n) is 4.90. The fourth-order valence-electron chi connectivity index (χ4n) is 2.30. The second-order valence-corrected chi connectivity index (χ2v) is 4.90. The minimum atomic E-state index is 0.522. The number of nitrogen functional groups attached to an aromatic ring is 1. The summed E-state index contributed by atoms with van der Waals surface area (Å²) in [6.45, 7) is 2.80. The van der Waals surface area contributed by atoms with E-state index in [1.165, 1.54) is 11.1 Å². The highest BCUT2D eigenvalue weighted by atomic mass is 16.5. The molecule has 0 spiro atoms. The van der Waals surface area contributed by atoms with Crippen molar-refractivity contribution in [3.8, 4) is 5.75 Å². The predicted octanol–water partition coefficient (Wildman–Crippen LogP) is 2.98. The van der Waals surface area contributed by atoms with Crippen molar-refractivity contribution in [3.63, 3.8) is 0 Å². The van der Waals surface area contributed by atoms with E-state index in [-0.39, 0.29) is 0 Å². The molecule has 0 unspecified atom stereocenters. The normalized spacial score (nSPS) is 10.9. The van der Waals surface area contributed by atoms with Crippen molar-refractivity contribution in [1.29, 1.82) is 0 Å². The van der Waals surface area contributed by atoms with Gasteiger partial charge < -0.3 is 15.0 Å². The number of nitrogens with zero attached hydrogens (tertiary/aromatic N) is 2. The average molecular weight is 267 g/mol. The minimum Gasteiger partial charge on any atom is -0.497 e. The largest absolute Gasteiger partial charge is 0.497 e. The van der Waals surface area contributed by atoms with E-state index in [0.717, 1.165) is 23.3 Å². The molecule has 0 saturated heterocycles. The van der Waals surface area contributed by atoms with Gasteiger partial charge >= 0.3 is 0 Å². The Morgan fingerprint density at radius 1 is 1.15 bits per heavy atom. The Hall–Kier alpha value is -2.49. The van der Waals surface area contributed by atoms with Gasteiger partial charge in [-0.05, 0) is 24.6 Å². The van der Waals surface area contributed by atoms with Crippen LogP contribution in [0.25, 0.3) is 11.0 Å². The number of aryl methyl sites for hydroxylation is 1. The van der Waals surface area contributed by atoms with Crippen LogP contribution in [0.3, 0.4) is 0 Å². The number of nitrogens with two attached hydrogens (primary N) is 1. The van der Waals surface area contributed by atoms with E-state index in [4.69, 9.17) is 10.5 Å². The Bertz CT molecular complexity index is 744. The van der Waals surface area contributed by atoms with Gasteiger partial charge in [0.05, 0.1) is 24.7 Å². The number of hydrogen-bond donors (Lipinski definition) is 1. The van der Waals surface area contributed by atoms with E-state index in [9.17, 15) is 0 Å². The number of anilines is 1. The van der Waals surface area contributed by atoms with Crippen molar-refractivity contribution in [3.05, 3.63) is 53.6 Å². The molecule has 4 nitrogen and oxygen atoms in total. The first-order chi connectivity index (χ1) is 9.67. The Morgan fingerprint density at radius 2 is 1.90 bits per heavy atom. The molecule has 3 rings (SSSR count). The van der Waals surface area contributed by atoms with Gasteiger partial charge in [0.25, 0.3) is 0 Å². The summed E-state index contributed by atoms with van der Waals surface area (Å²) in [6, 6.07) is 14.3. The molecular weight excluding hydrogens is 250 g/mol. The fraction of sp³-hybridized carbons (Fsp3) is 0.188. The number of rotatable bonds is 3. The lowest BCUT2D eigenvalue weighted by molar-refractivity contribution is 0.415. The second kappa shape index (κ2) is 4.89. The van der Waals surface area contributed by atoms with Gasteiger partial charge in [0, 0.05) is 6.07 Å². The molecule has 2 aromatic carbocycles. The molecule has 20 heavy (non-hydrogen) atoms. The molecule has 1 aromatic heterocycles. The Morgan fingerprint density at radius 3 is 2.60 bits per heavy atom. The molecule has 0 amide bonds. The molecular formula is C16H17N3O. The molecule has 0 aliphatic rings. The van der Waals surface area contributed by atoms with Crippen LogP contribution in [-0.2, 0) is 6.54 Å². The van der Waals surface area contributed by atoms with Gasteiger partial charge in [0.2, 0.25) is 5.95 Å². The van der Waals surface area contributed by atoms with Crippen LogP contribution in [0.1, 0.15) is 11.1 Å². The highest BCUT2D eigenvalue weighted by Crippen LogP contribution is 2.23. The van der Waals surface area contributed by atoms with Crippen molar-refractivity contribution in [2.45, 2.75) is 13.5 Å². The van der Waals surface area contributed by atoms with Crippen LogP contribution in [0.5, 0.6) is 5.75 Å². The molecule has 4 heteroatoms. The molecule has 0 fully saturated rings. The summed E-state index contributed by atoms with van der Waals surface area (Å²) in [4.78, 5) is 4.40. The number of benzene rings is 2. The summed E-state index contributed by atoms with van der Waals surface area (Å²) in [6.07, 6.45) is 0. The molecule has 0 bridgehead atoms. The summed E-state index contributed by atoms with van der Waals surface area (Å²) >= 11 is 0. The van der Waals surface area contributed by atoms with Crippen LogP contribution in [-0.4, -0.2) is 16.7 Å². The van der Waals surface area contributed by atoms with E-state index in [1.807, 2.05) is 22.8 Å². The predicted molar refractivity (Wildman–Crippen MR) is 81.0 cm³/mol. The summed E-state index contributed by atoms with van der Waals surface area (Å²) in [7, 11) is 1.65. The first-order valence-corrected chi connectivity index (χ1v) is 6.52. The van der Waals surface area contributed by atoms with Gasteiger partial charge in [0.15, 0.2) is 0 Å². The van der Waals surface area contributed by atoms with Gasteiger partial charge in [-0.15, -0.1) is 0 Å². The van der Waals surface area contributed by atoms with E-state index >= 15 is 0 Å². The van der Waals surface area contributed by atoms with Gasteiger partial charge in [0.1, 0.15) is 5.75 Å². The summed E-state index contributed by atoms with van der Waals surface area (Å²) in [5.41, 5.74) is 10.4. The summed E-state index contributed by atoms with van der Waals surface area (Å²) in [5, 5.41) is 0. The third-order valence-electron chi connectivity index (χ3n) is 3.45. The van der Waals surface area contributed by atoms with Crippen LogP contribution < -0.4 is 10.5 Å². The van der Waals surface area contributed by atoms with E-state index in [0.29, 0.717) is 5.95 Å². The van der Waals surface area contributed by atoms with Crippen LogP contribution in [0.4, 0.5) is 5.95 Å². The highest BCUT2D eigenvalue weighted by molar-refractivity contribution is 5.80. The molecule has 0 radical (unpaired) electrons. The first kappa shape index (κ1) is 12.5. The number of aromatic nitrogens is 2. The van der Waals surface area contributed by atoms with Gasteiger partial charge in [-0.25, -0.2) is 4.98 Å². The number of fused-ring (bicyclic) bond motifs is 1. The highest BCUT2D eigenvalue weighted by Gasteiger charge is 2.09. The maximum absolute atomic E-state index is 6.03. The topological polar surface area (TPSA) is 53.1 Å². The van der Waals surface area contributed by atoms with Crippen molar-refractivity contribution < 1.29 is 4.74 Å². The van der Waals surface area contributed by atoms with Gasteiger partial charge in [-0.1, -0.05) is 29.8 Å². The average Bonchev–Trinajstić information content (AvgIpc) is 2.76. The maximum atomic E-state index is 6.03. The van der Waals surface area contributed by atoms with Crippen molar-refractivity contribution in [2.75, 3.05) is 12.8 Å². The molecule has 2 N–H and O–H groups in total. The maximum Gasteiger partial charge on any atom is 0.201 e. The van der Waals surface area contributed by atoms with E-state index < -0.39 is 0 Å². The number of ether oxygens (including phenoxy) is 1. The monoisotopic (exact) mass is 267 g/mol. The lowest BCUT2D eigenvalue weighted by Crippen LogP contribution is -2.04. The molecule has 3 aromatic rings. The molecule has 102 valence electrons. The van der Waals surface area contributed by atoms with E-state index in [2.05, 4.69) is 36.2 Å². The van der Waals surface area contributed by atoms with E-state index in [1.54, 1.807) is 7.11 Å². The Kier molecular flexibility index (Phi) is 3.06. The first-order valence-electron chi connectivity index (χ1n) is 6.52. The third kappa shape index (κ3) is 2.20. The molecule has 0 atom stereocenters. The van der Waals surface area contributed by atoms with Crippen LogP contribution >= 0.6 is 0 Å². The van der Waals surface area contributed by atoms with Gasteiger partial charge in [-0.3, -0.25) is 0 Å². The van der Waals surface area contributed by atoms with Crippen molar-refractivity contribution >= 4 is 17.0 Å². The van der Waals surface area contributed by atoms with Crippen molar-refractivity contribution in [2.24, 2.45) is 0 Å². The molecule has 0 aliphatic carbocycles. The molecule has 0 aliphatic heterocycles. The number of hydrogen-bond acceptors (Lipinski definition) is 3. The number of methoxy groups -OCH3 is 1. The standard InChI is InChI=1S/C16H17N3O/c1-11-3-5-12(6-4-11)10-19-15-8-7-13(20-2)9-14(15)18-16(19)17/h3-9H,10H2,1-2H3,(H2,17,18). The minimum absolute atomic E-state index is 0.522. The Labute approximate surface area is 117 Å². The molecule has 1 heterocycles. The summed E-state index contributed by atoms with van der Waals surface area (Å²) in [5.74, 6) is 1.31. The SMILES string of the molecule is COc1ccc2c(c1)nc(N)n2Cc1ccc(C)cc1. The zero-order valence-electron chi connectivity index (χ0n) is 11.6. The van der Waals surface area contributed by atoms with Crippen LogP contribution in [0.2, 0.25) is 0 Å². The number of imidazole rings is 1. The lowest BCUT2D eigenvalue weighted by atomic mass is 10.1. The van der Waals surface area contributed by atoms with Gasteiger partial charge in [-0.2, -0.15) is 0 Å². The molecule has 0 saturated carbocycles. The summed E-state index contributed by atoms with van der Waals surface area (Å²) < 4.78 is 7.23.